The fourth-order valence-corrected chi connectivity index (χ4v) is 7.84. The molecule has 6 nitrogen and oxygen atoms in total. The molecule has 1 aliphatic carbocycles. The molecule has 0 bridgehead atoms. The van der Waals surface area contributed by atoms with Crippen molar-refractivity contribution in [2.45, 2.75) is 69.9 Å². The number of hydrogen-bond donors (Lipinski definition) is 0. The SMILES string of the molecule is CO[Si](CCCC1(CCC[Si](OC)(OC)OC)CCCCC1)(OC)OC. The summed E-state index contributed by atoms with van der Waals surface area (Å²) in [4.78, 5) is 0. The van der Waals surface area contributed by atoms with Crippen LogP contribution in [0.15, 0.2) is 0 Å². The third kappa shape index (κ3) is 6.66. The molecule has 1 fully saturated rings. The summed E-state index contributed by atoms with van der Waals surface area (Å²) in [6.45, 7) is 0. The second-order valence-electron chi connectivity index (χ2n) is 7.36. The molecule has 0 unspecified atom stereocenters. The number of rotatable bonds is 14. The third-order valence-electron chi connectivity index (χ3n) is 6.16. The monoisotopic (exact) mass is 408 g/mol. The largest absolute Gasteiger partial charge is 0.500 e. The van der Waals surface area contributed by atoms with Crippen LogP contribution in [-0.2, 0) is 26.6 Å². The second-order valence-corrected chi connectivity index (χ2v) is 13.5. The van der Waals surface area contributed by atoms with Crippen LogP contribution in [0.5, 0.6) is 0 Å². The van der Waals surface area contributed by atoms with E-state index in [1.807, 2.05) is 0 Å². The van der Waals surface area contributed by atoms with Crippen molar-refractivity contribution in [3.63, 3.8) is 0 Å². The summed E-state index contributed by atoms with van der Waals surface area (Å²) in [7, 11) is 5.23. The van der Waals surface area contributed by atoms with Crippen molar-refractivity contribution in [3.8, 4) is 0 Å². The van der Waals surface area contributed by atoms with Crippen LogP contribution in [0.3, 0.4) is 0 Å². The van der Waals surface area contributed by atoms with Crippen LogP contribution in [0.25, 0.3) is 0 Å². The van der Waals surface area contributed by atoms with E-state index >= 15 is 0 Å². The first-order valence-electron chi connectivity index (χ1n) is 9.80. The normalized spacial score (nSPS) is 18.2. The summed E-state index contributed by atoms with van der Waals surface area (Å²) in [6.07, 6.45) is 11.3. The van der Waals surface area contributed by atoms with Crippen LogP contribution in [0.2, 0.25) is 12.1 Å². The molecular weight excluding hydrogens is 368 g/mol. The van der Waals surface area contributed by atoms with Gasteiger partial charge in [-0.1, -0.05) is 19.3 Å². The highest BCUT2D eigenvalue weighted by atomic mass is 28.4. The lowest BCUT2D eigenvalue weighted by Crippen LogP contribution is -2.43. The van der Waals surface area contributed by atoms with Crippen LogP contribution >= 0.6 is 0 Å². The van der Waals surface area contributed by atoms with Crippen molar-refractivity contribution in [1.82, 2.24) is 0 Å². The topological polar surface area (TPSA) is 55.4 Å². The lowest BCUT2D eigenvalue weighted by molar-refractivity contribution is 0.110. The Morgan fingerprint density at radius 3 is 1.23 bits per heavy atom. The van der Waals surface area contributed by atoms with Crippen LogP contribution in [0, 0.1) is 5.41 Å². The highest BCUT2D eigenvalue weighted by Crippen LogP contribution is 2.45. The molecule has 0 N–H and O–H groups in total. The van der Waals surface area contributed by atoms with Gasteiger partial charge in [-0.05, 0) is 43.9 Å². The molecule has 0 aromatic rings. The molecule has 26 heavy (non-hydrogen) atoms. The Hall–Kier alpha value is 0.194. The van der Waals surface area contributed by atoms with Crippen LogP contribution < -0.4 is 0 Å². The van der Waals surface area contributed by atoms with Gasteiger partial charge in [0.15, 0.2) is 0 Å². The summed E-state index contributed by atoms with van der Waals surface area (Å²) in [5.74, 6) is 0. The van der Waals surface area contributed by atoms with E-state index in [9.17, 15) is 0 Å². The maximum atomic E-state index is 5.58. The van der Waals surface area contributed by atoms with Crippen molar-refractivity contribution in [1.29, 1.82) is 0 Å². The van der Waals surface area contributed by atoms with Gasteiger partial charge in [0.25, 0.3) is 0 Å². The van der Waals surface area contributed by atoms with E-state index in [0.29, 0.717) is 5.41 Å². The minimum atomic E-state index is -2.47. The first-order chi connectivity index (χ1) is 12.5. The Balaban J connectivity index is 2.61. The van der Waals surface area contributed by atoms with Gasteiger partial charge in [-0.3, -0.25) is 0 Å². The summed E-state index contributed by atoms with van der Waals surface area (Å²) >= 11 is 0. The first-order valence-corrected chi connectivity index (χ1v) is 13.7. The molecule has 0 radical (unpaired) electrons. The molecule has 156 valence electrons. The van der Waals surface area contributed by atoms with Crippen molar-refractivity contribution in [2.24, 2.45) is 5.41 Å². The molecular formula is C18H40O6Si2. The van der Waals surface area contributed by atoms with E-state index in [1.165, 1.54) is 44.9 Å². The van der Waals surface area contributed by atoms with Gasteiger partial charge in [-0.2, -0.15) is 0 Å². The fraction of sp³-hybridized carbons (Fsp3) is 1.00. The zero-order chi connectivity index (χ0) is 19.5. The van der Waals surface area contributed by atoms with Crippen molar-refractivity contribution in [3.05, 3.63) is 0 Å². The predicted octanol–water partition coefficient (Wildman–Crippen LogP) is 4.25. The number of hydrogen-bond acceptors (Lipinski definition) is 6. The average molecular weight is 409 g/mol. The fourth-order valence-electron chi connectivity index (χ4n) is 4.40. The van der Waals surface area contributed by atoms with Gasteiger partial charge in [0, 0.05) is 54.7 Å². The lowest BCUT2D eigenvalue weighted by Gasteiger charge is -2.39. The predicted molar refractivity (Wildman–Crippen MR) is 107 cm³/mol. The Labute approximate surface area is 162 Å². The summed E-state index contributed by atoms with van der Waals surface area (Å²) < 4.78 is 33.5. The van der Waals surface area contributed by atoms with Crippen molar-refractivity contribution >= 4 is 17.6 Å². The van der Waals surface area contributed by atoms with E-state index in [-0.39, 0.29) is 0 Å². The van der Waals surface area contributed by atoms with Gasteiger partial charge in [0.2, 0.25) is 0 Å². The molecule has 0 aromatic carbocycles. The van der Waals surface area contributed by atoms with E-state index in [4.69, 9.17) is 26.6 Å². The van der Waals surface area contributed by atoms with Crippen molar-refractivity contribution in [2.75, 3.05) is 42.7 Å². The van der Waals surface area contributed by atoms with Gasteiger partial charge in [0.05, 0.1) is 0 Å². The smallest absolute Gasteiger partial charge is 0.377 e. The van der Waals surface area contributed by atoms with Gasteiger partial charge < -0.3 is 26.6 Å². The minimum absolute atomic E-state index is 0.420. The van der Waals surface area contributed by atoms with Gasteiger partial charge >= 0.3 is 17.6 Å². The third-order valence-corrected chi connectivity index (χ3v) is 11.8. The van der Waals surface area contributed by atoms with E-state index in [2.05, 4.69) is 0 Å². The maximum absolute atomic E-state index is 5.58. The second kappa shape index (κ2) is 11.9. The van der Waals surface area contributed by atoms with Gasteiger partial charge in [0.1, 0.15) is 0 Å². The molecule has 8 heteroatoms. The molecule has 0 aromatic heterocycles. The highest BCUT2D eigenvalue weighted by molar-refractivity contribution is 6.60. The molecule has 0 aliphatic heterocycles. The van der Waals surface area contributed by atoms with Gasteiger partial charge in [-0.25, -0.2) is 0 Å². The molecule has 0 amide bonds. The van der Waals surface area contributed by atoms with E-state index in [0.717, 1.165) is 24.9 Å². The molecule has 1 aliphatic rings. The lowest BCUT2D eigenvalue weighted by atomic mass is 9.68. The minimum Gasteiger partial charge on any atom is -0.377 e. The van der Waals surface area contributed by atoms with Crippen LogP contribution in [-0.4, -0.2) is 60.3 Å². The summed E-state index contributed by atoms with van der Waals surface area (Å²) in [6, 6.07) is 1.76. The quantitative estimate of drug-likeness (QED) is 0.400. The zero-order valence-electron chi connectivity index (χ0n) is 17.7. The molecule has 0 atom stereocenters. The molecule has 1 rings (SSSR count). The molecule has 0 heterocycles. The zero-order valence-corrected chi connectivity index (χ0v) is 19.7. The highest BCUT2D eigenvalue weighted by Gasteiger charge is 2.41. The maximum Gasteiger partial charge on any atom is 0.500 e. The Bertz CT molecular complexity index is 324. The average Bonchev–Trinajstić information content (AvgIpc) is 2.70. The first kappa shape index (κ1) is 24.2. The van der Waals surface area contributed by atoms with Crippen LogP contribution in [0.1, 0.15) is 57.8 Å². The Morgan fingerprint density at radius 1 is 0.577 bits per heavy atom. The molecule has 0 spiro atoms. The Morgan fingerprint density at radius 2 is 0.923 bits per heavy atom. The van der Waals surface area contributed by atoms with Gasteiger partial charge in [-0.15, -0.1) is 0 Å². The van der Waals surface area contributed by atoms with E-state index in [1.54, 1.807) is 42.7 Å². The van der Waals surface area contributed by atoms with Crippen molar-refractivity contribution < 1.29 is 26.6 Å². The van der Waals surface area contributed by atoms with Crippen LogP contribution in [0.4, 0.5) is 0 Å². The molecule has 1 saturated carbocycles. The Kier molecular flexibility index (Phi) is 11.1. The van der Waals surface area contributed by atoms with E-state index < -0.39 is 17.6 Å². The standard InChI is InChI=1S/C18H40O6Si2/c1-19-25(20-2,21-3)16-10-14-18(12-8-7-9-13-18)15-11-17-26(22-4,23-5)24-6/h7-17H2,1-6H3. The summed E-state index contributed by atoms with van der Waals surface area (Å²) in [5.41, 5.74) is 0.420. The molecule has 0 saturated heterocycles. The summed E-state index contributed by atoms with van der Waals surface area (Å²) in [5, 5.41) is 0.